The van der Waals surface area contributed by atoms with Crippen LogP contribution in [0.2, 0.25) is 0 Å². The highest BCUT2D eigenvalue weighted by molar-refractivity contribution is 5.90. The van der Waals surface area contributed by atoms with Gasteiger partial charge in [0.15, 0.2) is 5.76 Å². The first kappa shape index (κ1) is 13.4. The molecule has 114 valence electrons. The molecule has 6 nitrogen and oxygen atoms in total. The molecule has 2 N–H and O–H groups in total. The molecule has 2 bridgehead atoms. The number of nitrogens with zero attached hydrogens (tertiary/aromatic N) is 2. The molecular weight excluding hydrogens is 287 g/mol. The van der Waals surface area contributed by atoms with E-state index in [9.17, 15) is 9.18 Å². The number of hydrogen-bond acceptors (Lipinski definition) is 5. The Bertz CT molecular complexity index is 717. The molecule has 4 heterocycles. The smallest absolute Gasteiger partial charge is 0.307 e. The lowest BCUT2D eigenvalue weighted by molar-refractivity contribution is 0.0896. The topological polar surface area (TPSA) is 80.0 Å². The fraction of sp³-hybridized carbons (Fsp3) is 0.400. The zero-order valence-electron chi connectivity index (χ0n) is 11.8. The number of aromatic nitrogens is 2. The Morgan fingerprint density at radius 1 is 1.41 bits per heavy atom. The fourth-order valence-electron chi connectivity index (χ4n) is 3.28. The van der Waals surface area contributed by atoms with Crippen molar-refractivity contribution in [3.8, 4) is 11.3 Å². The van der Waals surface area contributed by atoms with Crippen molar-refractivity contribution in [2.75, 3.05) is 0 Å². The van der Waals surface area contributed by atoms with Gasteiger partial charge in [0.1, 0.15) is 0 Å². The molecule has 2 aliphatic heterocycles. The standard InChI is InChI=1S/C15H15FN4O2/c16-13-5-8(3-4-17-13)12-7-18-15(22-12)14(21)20-11-6-9-1-2-10(11)19-9/h3-5,7,9-11,19H,1-2,6H2,(H,20,21). The summed E-state index contributed by atoms with van der Waals surface area (Å²) in [5.41, 5.74) is 0.501. The lowest BCUT2D eigenvalue weighted by Crippen LogP contribution is -2.43. The molecule has 4 rings (SSSR count). The van der Waals surface area contributed by atoms with Crippen molar-refractivity contribution < 1.29 is 13.6 Å². The molecule has 0 saturated carbocycles. The summed E-state index contributed by atoms with van der Waals surface area (Å²) < 4.78 is 18.6. The van der Waals surface area contributed by atoms with Gasteiger partial charge in [-0.2, -0.15) is 4.39 Å². The second-order valence-electron chi connectivity index (χ2n) is 5.76. The van der Waals surface area contributed by atoms with Gasteiger partial charge in [-0.25, -0.2) is 9.97 Å². The molecule has 22 heavy (non-hydrogen) atoms. The lowest BCUT2D eigenvalue weighted by atomic mass is 9.95. The van der Waals surface area contributed by atoms with Gasteiger partial charge in [0.05, 0.1) is 6.20 Å². The first-order valence-corrected chi connectivity index (χ1v) is 7.34. The Morgan fingerprint density at radius 3 is 3.05 bits per heavy atom. The average molecular weight is 302 g/mol. The van der Waals surface area contributed by atoms with Gasteiger partial charge in [-0.3, -0.25) is 4.79 Å². The SMILES string of the molecule is O=C(NC1CC2CCC1N2)c1ncc(-c2ccnc(F)c2)o1. The van der Waals surface area contributed by atoms with E-state index in [0.717, 1.165) is 12.8 Å². The molecule has 0 aliphatic carbocycles. The molecule has 0 spiro atoms. The van der Waals surface area contributed by atoms with Crippen LogP contribution in [-0.2, 0) is 0 Å². The number of carbonyl (C=O) groups is 1. The van der Waals surface area contributed by atoms with E-state index in [-0.39, 0.29) is 17.8 Å². The molecule has 0 radical (unpaired) electrons. The summed E-state index contributed by atoms with van der Waals surface area (Å²) in [7, 11) is 0. The number of hydrogen-bond donors (Lipinski definition) is 2. The monoisotopic (exact) mass is 302 g/mol. The van der Waals surface area contributed by atoms with Crippen LogP contribution in [0, 0.1) is 5.95 Å². The minimum Gasteiger partial charge on any atom is -0.432 e. The van der Waals surface area contributed by atoms with E-state index in [1.807, 2.05) is 0 Å². The highest BCUT2D eigenvalue weighted by Gasteiger charge is 2.40. The number of fused-ring (bicyclic) bond motifs is 2. The van der Waals surface area contributed by atoms with E-state index in [1.54, 1.807) is 6.07 Å². The summed E-state index contributed by atoms with van der Waals surface area (Å²) in [6, 6.07) is 3.82. The third kappa shape index (κ3) is 2.37. The summed E-state index contributed by atoms with van der Waals surface area (Å²) in [4.78, 5) is 19.7. The van der Waals surface area contributed by atoms with Gasteiger partial charge >= 0.3 is 5.91 Å². The Balaban J connectivity index is 1.48. The Hall–Kier alpha value is -2.28. The summed E-state index contributed by atoms with van der Waals surface area (Å²) in [5.74, 6) is -0.597. The van der Waals surface area contributed by atoms with Crippen LogP contribution in [-0.4, -0.2) is 34.0 Å². The molecule has 1 amide bonds. The molecule has 3 atom stereocenters. The van der Waals surface area contributed by atoms with Gasteiger partial charge < -0.3 is 15.1 Å². The maximum atomic E-state index is 13.1. The van der Waals surface area contributed by atoms with Gasteiger partial charge in [0.2, 0.25) is 5.95 Å². The maximum Gasteiger partial charge on any atom is 0.307 e. The van der Waals surface area contributed by atoms with Crippen molar-refractivity contribution in [1.29, 1.82) is 0 Å². The number of amides is 1. The number of pyridine rings is 1. The highest BCUT2D eigenvalue weighted by Crippen LogP contribution is 2.28. The first-order valence-electron chi connectivity index (χ1n) is 7.34. The van der Waals surface area contributed by atoms with Crippen LogP contribution in [0.5, 0.6) is 0 Å². The van der Waals surface area contributed by atoms with Crippen LogP contribution in [0.15, 0.2) is 28.9 Å². The third-order valence-electron chi connectivity index (χ3n) is 4.33. The third-order valence-corrected chi connectivity index (χ3v) is 4.33. The Morgan fingerprint density at radius 2 is 2.32 bits per heavy atom. The molecule has 2 aromatic rings. The molecular formula is C15H15FN4O2. The Kier molecular flexibility index (Phi) is 3.15. The maximum absolute atomic E-state index is 13.1. The molecule has 3 unspecified atom stereocenters. The minimum absolute atomic E-state index is 0.00464. The molecule has 2 aromatic heterocycles. The van der Waals surface area contributed by atoms with Crippen molar-refractivity contribution in [1.82, 2.24) is 20.6 Å². The van der Waals surface area contributed by atoms with E-state index in [4.69, 9.17) is 4.42 Å². The second kappa shape index (κ2) is 5.17. The van der Waals surface area contributed by atoms with Crippen LogP contribution in [0.4, 0.5) is 4.39 Å². The summed E-state index contributed by atoms with van der Waals surface area (Å²) in [5, 5.41) is 6.42. The van der Waals surface area contributed by atoms with E-state index < -0.39 is 5.95 Å². The number of rotatable bonds is 3. The van der Waals surface area contributed by atoms with E-state index in [2.05, 4.69) is 20.6 Å². The number of oxazole rings is 1. The largest absolute Gasteiger partial charge is 0.432 e. The van der Waals surface area contributed by atoms with Crippen molar-refractivity contribution in [3.63, 3.8) is 0 Å². The lowest BCUT2D eigenvalue weighted by Gasteiger charge is -2.20. The van der Waals surface area contributed by atoms with Crippen LogP contribution < -0.4 is 10.6 Å². The summed E-state index contributed by atoms with van der Waals surface area (Å²) >= 11 is 0. The number of carbonyl (C=O) groups excluding carboxylic acids is 1. The highest BCUT2D eigenvalue weighted by atomic mass is 19.1. The summed E-state index contributed by atoms with van der Waals surface area (Å²) in [6.07, 6.45) is 5.96. The summed E-state index contributed by atoms with van der Waals surface area (Å²) in [6.45, 7) is 0. The van der Waals surface area contributed by atoms with Gasteiger partial charge in [-0.1, -0.05) is 0 Å². The predicted octanol–water partition coefficient (Wildman–Crippen LogP) is 1.50. The zero-order chi connectivity index (χ0) is 15.1. The normalized spacial score (nSPS) is 26.3. The number of nitrogens with one attached hydrogen (secondary N) is 2. The van der Waals surface area contributed by atoms with Gasteiger partial charge in [0, 0.05) is 36.0 Å². The molecule has 2 fully saturated rings. The Labute approximate surface area is 126 Å². The molecule has 2 aliphatic rings. The van der Waals surface area contributed by atoms with Crippen molar-refractivity contribution in [2.45, 2.75) is 37.4 Å². The van der Waals surface area contributed by atoms with E-state index in [1.165, 1.54) is 24.9 Å². The van der Waals surface area contributed by atoms with Crippen molar-refractivity contribution in [2.24, 2.45) is 0 Å². The number of halogens is 1. The second-order valence-corrected chi connectivity index (χ2v) is 5.76. The van der Waals surface area contributed by atoms with Gasteiger partial charge in [0.25, 0.3) is 5.89 Å². The zero-order valence-corrected chi connectivity index (χ0v) is 11.8. The molecule has 0 aromatic carbocycles. The molecule has 7 heteroatoms. The van der Waals surface area contributed by atoms with Crippen LogP contribution >= 0.6 is 0 Å². The van der Waals surface area contributed by atoms with Crippen LogP contribution in [0.3, 0.4) is 0 Å². The van der Waals surface area contributed by atoms with Crippen LogP contribution in [0.1, 0.15) is 29.9 Å². The van der Waals surface area contributed by atoms with Crippen LogP contribution in [0.25, 0.3) is 11.3 Å². The van der Waals surface area contributed by atoms with Crippen molar-refractivity contribution >= 4 is 5.91 Å². The fourth-order valence-corrected chi connectivity index (χ4v) is 3.28. The predicted molar refractivity (Wildman–Crippen MR) is 75.5 cm³/mol. The quantitative estimate of drug-likeness (QED) is 0.840. The van der Waals surface area contributed by atoms with Gasteiger partial charge in [-0.05, 0) is 25.3 Å². The van der Waals surface area contributed by atoms with Crippen molar-refractivity contribution in [3.05, 3.63) is 36.4 Å². The minimum atomic E-state index is -0.604. The van der Waals surface area contributed by atoms with E-state index >= 15 is 0 Å². The van der Waals surface area contributed by atoms with Gasteiger partial charge in [-0.15, -0.1) is 0 Å². The van der Waals surface area contributed by atoms with E-state index in [0.29, 0.717) is 23.4 Å². The first-order chi connectivity index (χ1) is 10.7. The molecule has 2 saturated heterocycles. The average Bonchev–Trinajstić information content (AvgIpc) is 3.23.